The summed E-state index contributed by atoms with van der Waals surface area (Å²) in [6.45, 7) is 6.52. The number of rotatable bonds is 64. The Morgan fingerprint density at radius 2 is 0.487 bits per heavy atom. The molecule has 6 heteroatoms. The fourth-order valence-electron chi connectivity index (χ4n) is 10.2. The van der Waals surface area contributed by atoms with Crippen LogP contribution in [0.2, 0.25) is 0 Å². The zero-order valence-electron chi connectivity index (χ0n) is 53.3. The summed E-state index contributed by atoms with van der Waals surface area (Å²) in [4.78, 5) is 38.3. The number of unbranched alkanes of at least 4 members (excludes halogenated alkanes) is 41. The summed E-state index contributed by atoms with van der Waals surface area (Å²) in [5.41, 5.74) is 0. The van der Waals surface area contributed by atoms with Crippen molar-refractivity contribution in [3.63, 3.8) is 0 Å². The van der Waals surface area contributed by atoms with Crippen LogP contribution in [-0.4, -0.2) is 37.2 Å². The smallest absolute Gasteiger partial charge is 0.306 e. The number of carbonyl (C=O) groups excluding carboxylic acids is 3. The van der Waals surface area contributed by atoms with E-state index in [0.717, 1.165) is 103 Å². The molecule has 0 N–H and O–H groups in total. The van der Waals surface area contributed by atoms with Crippen molar-refractivity contribution in [3.05, 3.63) is 72.9 Å². The van der Waals surface area contributed by atoms with E-state index >= 15 is 0 Å². The highest BCUT2D eigenvalue weighted by atomic mass is 16.6. The summed E-state index contributed by atoms with van der Waals surface area (Å²) < 4.78 is 16.9. The van der Waals surface area contributed by atoms with Crippen LogP contribution in [0.5, 0.6) is 0 Å². The Balaban J connectivity index is 4.13. The van der Waals surface area contributed by atoms with Gasteiger partial charge in [-0.1, -0.05) is 306 Å². The lowest BCUT2D eigenvalue weighted by atomic mass is 10.0. The summed E-state index contributed by atoms with van der Waals surface area (Å²) >= 11 is 0. The summed E-state index contributed by atoms with van der Waals surface area (Å²) in [5, 5.41) is 0. The molecule has 0 radical (unpaired) electrons. The van der Waals surface area contributed by atoms with Crippen LogP contribution < -0.4 is 0 Å². The zero-order valence-corrected chi connectivity index (χ0v) is 53.3. The van der Waals surface area contributed by atoms with E-state index in [9.17, 15) is 14.4 Å². The van der Waals surface area contributed by atoms with Crippen LogP contribution in [0.4, 0.5) is 0 Å². The number of esters is 3. The van der Waals surface area contributed by atoms with Crippen LogP contribution in [-0.2, 0) is 28.6 Å². The van der Waals surface area contributed by atoms with Crippen molar-refractivity contribution in [1.29, 1.82) is 0 Å². The summed E-state index contributed by atoms with van der Waals surface area (Å²) in [7, 11) is 0. The third-order valence-corrected chi connectivity index (χ3v) is 15.4. The normalized spacial score (nSPS) is 12.5. The van der Waals surface area contributed by atoms with Crippen LogP contribution >= 0.6 is 0 Å². The first-order valence-electron chi connectivity index (χ1n) is 34.9. The highest BCUT2D eigenvalue weighted by Gasteiger charge is 2.19. The highest BCUT2D eigenvalue weighted by Crippen LogP contribution is 2.18. The zero-order chi connectivity index (χ0) is 57.8. The van der Waals surface area contributed by atoms with E-state index in [1.807, 2.05) is 0 Å². The topological polar surface area (TPSA) is 78.9 Å². The molecular formula is C74H132O6. The van der Waals surface area contributed by atoms with E-state index in [2.05, 4.69) is 93.7 Å². The molecular weight excluding hydrogens is 985 g/mol. The first-order valence-corrected chi connectivity index (χ1v) is 34.9. The van der Waals surface area contributed by atoms with E-state index in [4.69, 9.17) is 14.2 Å². The molecule has 0 heterocycles. The molecule has 0 bridgehead atoms. The highest BCUT2D eigenvalue weighted by molar-refractivity contribution is 5.71. The molecule has 0 fully saturated rings. The maximum atomic E-state index is 12.9. The second-order valence-electron chi connectivity index (χ2n) is 23.4. The Hall–Kier alpha value is -3.15. The van der Waals surface area contributed by atoms with E-state index in [1.165, 1.54) is 218 Å². The van der Waals surface area contributed by atoms with E-state index in [1.54, 1.807) is 0 Å². The van der Waals surface area contributed by atoms with Crippen LogP contribution in [0.15, 0.2) is 72.9 Å². The van der Waals surface area contributed by atoms with Gasteiger partial charge >= 0.3 is 17.9 Å². The second-order valence-corrected chi connectivity index (χ2v) is 23.4. The third-order valence-electron chi connectivity index (χ3n) is 15.4. The number of carbonyl (C=O) groups is 3. The Morgan fingerprint density at radius 1 is 0.263 bits per heavy atom. The maximum absolute atomic E-state index is 12.9. The Labute approximate surface area is 497 Å². The standard InChI is InChI=1S/C74H132O6/c1-4-7-10-13-16-19-22-25-27-29-30-31-32-33-34-35-36-37-38-39-40-41-42-43-44-46-47-49-52-55-58-61-64-67-73(76)79-70-71(69-78-72(75)66-63-60-57-54-51-24-21-18-15-12-9-6-3)80-74(77)68-65-62-59-56-53-50-48-45-28-26-23-20-17-14-11-8-5-2/h8,11,17-18,20-21,26,28-30,48,50,71H,4-7,9-10,12-16,19,22-25,27,31-47,49,51-70H2,1-3H3/b11-8-,20-17-,21-18-,28-26-,30-29-,50-48-. The average Bonchev–Trinajstić information content (AvgIpc) is 3.46. The van der Waals surface area contributed by atoms with Crippen molar-refractivity contribution in [3.8, 4) is 0 Å². The van der Waals surface area contributed by atoms with Gasteiger partial charge in [0, 0.05) is 19.3 Å². The van der Waals surface area contributed by atoms with E-state index in [0.29, 0.717) is 19.3 Å². The third kappa shape index (κ3) is 65.7. The molecule has 0 aliphatic heterocycles. The van der Waals surface area contributed by atoms with Gasteiger partial charge in [0.25, 0.3) is 0 Å². The lowest BCUT2D eigenvalue weighted by Gasteiger charge is -2.18. The van der Waals surface area contributed by atoms with Crippen molar-refractivity contribution >= 4 is 17.9 Å². The first-order chi connectivity index (χ1) is 39.5. The molecule has 1 atom stereocenters. The van der Waals surface area contributed by atoms with Crippen molar-refractivity contribution in [2.24, 2.45) is 0 Å². The van der Waals surface area contributed by atoms with Gasteiger partial charge in [-0.05, 0) is 109 Å². The molecule has 6 nitrogen and oxygen atoms in total. The van der Waals surface area contributed by atoms with Gasteiger partial charge in [-0.25, -0.2) is 0 Å². The number of ether oxygens (including phenoxy) is 3. The minimum absolute atomic E-state index is 0.0852. The molecule has 80 heavy (non-hydrogen) atoms. The summed E-state index contributed by atoms with van der Waals surface area (Å²) in [5.74, 6) is -0.903. The Morgan fingerprint density at radius 3 is 0.800 bits per heavy atom. The molecule has 464 valence electrons. The molecule has 0 spiro atoms. The van der Waals surface area contributed by atoms with Gasteiger partial charge in [0.1, 0.15) is 13.2 Å². The quantitative estimate of drug-likeness (QED) is 0.0261. The van der Waals surface area contributed by atoms with Crippen LogP contribution in [0.25, 0.3) is 0 Å². The molecule has 0 aromatic rings. The predicted molar refractivity (Wildman–Crippen MR) is 348 cm³/mol. The average molecular weight is 1120 g/mol. The fourth-order valence-corrected chi connectivity index (χ4v) is 10.2. The van der Waals surface area contributed by atoms with Crippen LogP contribution in [0.3, 0.4) is 0 Å². The lowest BCUT2D eigenvalue weighted by molar-refractivity contribution is -0.167. The number of hydrogen-bond acceptors (Lipinski definition) is 6. The van der Waals surface area contributed by atoms with Crippen molar-refractivity contribution in [2.75, 3.05) is 13.2 Å². The van der Waals surface area contributed by atoms with Crippen molar-refractivity contribution in [1.82, 2.24) is 0 Å². The minimum atomic E-state index is -0.791. The number of hydrogen-bond donors (Lipinski definition) is 0. The van der Waals surface area contributed by atoms with E-state index < -0.39 is 6.10 Å². The summed E-state index contributed by atoms with van der Waals surface area (Å²) in [6, 6.07) is 0. The summed E-state index contributed by atoms with van der Waals surface area (Å²) in [6.07, 6.45) is 89.5. The van der Waals surface area contributed by atoms with Gasteiger partial charge < -0.3 is 14.2 Å². The Kier molecular flexibility index (Phi) is 65.7. The van der Waals surface area contributed by atoms with Gasteiger partial charge in [0.2, 0.25) is 0 Å². The number of allylic oxidation sites excluding steroid dienone is 12. The van der Waals surface area contributed by atoms with Gasteiger partial charge in [-0.2, -0.15) is 0 Å². The molecule has 0 aliphatic rings. The SMILES string of the molecule is CC/C=C\C/C=C\C/C=C\C/C=C\CCCCCCC(=O)OC(COC(=O)CCCCCCC/C=C\CCCCC)COC(=O)CCCCCCCCCCCCCCCCCCCCCCC/C=C\CCCCCCCCCC. The predicted octanol–water partition coefficient (Wildman–Crippen LogP) is 24.1. The molecule has 0 saturated carbocycles. The second kappa shape index (κ2) is 68.3. The molecule has 1 unspecified atom stereocenters. The first kappa shape index (κ1) is 76.9. The van der Waals surface area contributed by atoms with Gasteiger partial charge in [0.15, 0.2) is 6.10 Å². The monoisotopic (exact) mass is 1120 g/mol. The van der Waals surface area contributed by atoms with Gasteiger partial charge in [-0.15, -0.1) is 0 Å². The van der Waals surface area contributed by atoms with Crippen molar-refractivity contribution < 1.29 is 28.6 Å². The largest absolute Gasteiger partial charge is 0.462 e. The molecule has 0 rings (SSSR count). The molecule has 0 aromatic carbocycles. The Bertz CT molecular complexity index is 1470. The maximum Gasteiger partial charge on any atom is 0.306 e. The molecule has 0 aliphatic carbocycles. The minimum Gasteiger partial charge on any atom is -0.462 e. The molecule has 0 amide bonds. The lowest BCUT2D eigenvalue weighted by Crippen LogP contribution is -2.30. The fraction of sp³-hybridized carbons (Fsp3) is 0.797. The molecule has 0 aromatic heterocycles. The van der Waals surface area contributed by atoms with Gasteiger partial charge in [0.05, 0.1) is 0 Å². The van der Waals surface area contributed by atoms with Crippen LogP contribution in [0.1, 0.15) is 361 Å². The van der Waals surface area contributed by atoms with Gasteiger partial charge in [-0.3, -0.25) is 14.4 Å². The molecule has 0 saturated heterocycles. The van der Waals surface area contributed by atoms with Crippen molar-refractivity contribution in [2.45, 2.75) is 367 Å². The van der Waals surface area contributed by atoms with Crippen LogP contribution in [0, 0.1) is 0 Å². The van der Waals surface area contributed by atoms with E-state index in [-0.39, 0.29) is 31.1 Å².